The maximum atomic E-state index is 11.7. The summed E-state index contributed by atoms with van der Waals surface area (Å²) in [4.78, 5) is 9.90. The number of aliphatic carboxylic acids is 1. The summed E-state index contributed by atoms with van der Waals surface area (Å²) in [7, 11) is 1.31. The number of carboxylic acid groups (broad SMARTS) is 1. The van der Waals surface area contributed by atoms with Crippen LogP contribution >= 0.6 is 0 Å². The highest BCUT2D eigenvalue weighted by Gasteiger charge is 2.20. The molecule has 60 valence electrons. The number of nitrogens with one attached hydrogen (secondary N) is 1. The zero-order chi connectivity index (χ0) is 8.15. The topological polar surface area (TPSA) is 49.3 Å². The van der Waals surface area contributed by atoms with Crippen LogP contribution in [0.3, 0.4) is 0 Å². The van der Waals surface area contributed by atoms with Gasteiger partial charge in [0.1, 0.15) is 0 Å². The molecule has 0 aliphatic rings. The van der Waals surface area contributed by atoms with Crippen LogP contribution in [0.4, 0.5) is 8.78 Å². The average Bonchev–Trinajstić information content (AvgIpc) is 1.81. The molecule has 2 N–H and O–H groups in total. The van der Waals surface area contributed by atoms with Crippen molar-refractivity contribution in [3.05, 3.63) is 0 Å². The van der Waals surface area contributed by atoms with E-state index in [4.69, 9.17) is 5.11 Å². The lowest BCUT2D eigenvalue weighted by Gasteiger charge is -2.11. The van der Waals surface area contributed by atoms with Gasteiger partial charge in [0.05, 0.1) is 12.5 Å². The summed E-state index contributed by atoms with van der Waals surface area (Å²) in [5, 5.41) is 10.3. The molecule has 0 aromatic rings. The summed E-state index contributed by atoms with van der Waals surface area (Å²) in [6.07, 6.45) is -3.17. The molecule has 3 nitrogen and oxygen atoms in total. The molecule has 0 fully saturated rings. The van der Waals surface area contributed by atoms with Crippen molar-refractivity contribution in [2.45, 2.75) is 18.9 Å². The third-order valence-electron chi connectivity index (χ3n) is 1.07. The zero-order valence-electron chi connectivity index (χ0n) is 5.47. The minimum Gasteiger partial charge on any atom is -0.481 e. The molecule has 0 saturated carbocycles. The van der Waals surface area contributed by atoms with E-state index in [0.29, 0.717) is 0 Å². The van der Waals surface area contributed by atoms with Crippen LogP contribution in [0.15, 0.2) is 0 Å². The van der Waals surface area contributed by atoms with Crippen molar-refractivity contribution in [1.29, 1.82) is 0 Å². The molecule has 0 aliphatic heterocycles. The highest BCUT2D eigenvalue weighted by molar-refractivity contribution is 5.67. The Bertz CT molecular complexity index is 118. The first kappa shape index (κ1) is 9.29. The number of hydrogen-bond acceptors (Lipinski definition) is 2. The Balaban J connectivity index is 3.71. The molecule has 0 aromatic heterocycles. The Kier molecular flexibility index (Phi) is 3.87. The van der Waals surface area contributed by atoms with Gasteiger partial charge in [-0.05, 0) is 7.05 Å². The Hall–Kier alpha value is -0.710. The van der Waals surface area contributed by atoms with E-state index in [0.717, 1.165) is 0 Å². The van der Waals surface area contributed by atoms with Gasteiger partial charge in [-0.1, -0.05) is 0 Å². The second-order valence-electron chi connectivity index (χ2n) is 1.83. The lowest BCUT2D eigenvalue weighted by molar-refractivity contribution is -0.138. The van der Waals surface area contributed by atoms with E-state index in [1.54, 1.807) is 0 Å². The molecule has 0 radical (unpaired) electrons. The molecular formula is C5H9F2NO2. The molecule has 0 amide bonds. The van der Waals surface area contributed by atoms with Gasteiger partial charge in [-0.3, -0.25) is 4.79 Å². The second-order valence-corrected chi connectivity index (χ2v) is 1.83. The Morgan fingerprint density at radius 1 is 1.70 bits per heavy atom. The maximum Gasteiger partial charge on any atom is 0.305 e. The largest absolute Gasteiger partial charge is 0.481 e. The van der Waals surface area contributed by atoms with E-state index < -0.39 is 24.9 Å². The van der Waals surface area contributed by atoms with Crippen LogP contribution in [0.5, 0.6) is 0 Å². The average molecular weight is 153 g/mol. The quantitative estimate of drug-likeness (QED) is 0.611. The monoisotopic (exact) mass is 153 g/mol. The van der Waals surface area contributed by atoms with Gasteiger partial charge in [-0.2, -0.15) is 0 Å². The van der Waals surface area contributed by atoms with Crippen molar-refractivity contribution >= 4 is 5.97 Å². The van der Waals surface area contributed by atoms with Gasteiger partial charge in [-0.15, -0.1) is 0 Å². The minimum absolute atomic E-state index is 0.547. The van der Waals surface area contributed by atoms with Crippen molar-refractivity contribution < 1.29 is 18.7 Å². The summed E-state index contributed by atoms with van der Waals surface area (Å²) in [6, 6.07) is -1.24. The number of hydrogen-bond donors (Lipinski definition) is 2. The zero-order valence-corrected chi connectivity index (χ0v) is 5.47. The van der Waals surface area contributed by atoms with Gasteiger partial charge in [0.2, 0.25) is 0 Å². The maximum absolute atomic E-state index is 11.7. The van der Waals surface area contributed by atoms with Crippen molar-refractivity contribution in [2.75, 3.05) is 7.05 Å². The first-order valence-corrected chi connectivity index (χ1v) is 2.75. The van der Waals surface area contributed by atoms with Crippen LogP contribution < -0.4 is 5.32 Å². The fraction of sp³-hybridized carbons (Fsp3) is 0.800. The molecule has 0 aliphatic carbocycles. The van der Waals surface area contributed by atoms with Crippen molar-refractivity contribution in [3.8, 4) is 0 Å². The third kappa shape index (κ3) is 3.34. The molecule has 0 saturated heterocycles. The number of alkyl halides is 2. The van der Waals surface area contributed by atoms with Gasteiger partial charge in [0.15, 0.2) is 0 Å². The van der Waals surface area contributed by atoms with E-state index in [2.05, 4.69) is 5.32 Å². The van der Waals surface area contributed by atoms with Gasteiger partial charge < -0.3 is 10.4 Å². The summed E-state index contributed by atoms with van der Waals surface area (Å²) in [6.45, 7) is 0. The van der Waals surface area contributed by atoms with Crippen LogP contribution in [-0.2, 0) is 4.79 Å². The smallest absolute Gasteiger partial charge is 0.305 e. The SMILES string of the molecule is CNC(CC(=O)O)C(F)F. The predicted molar refractivity (Wildman–Crippen MR) is 31.1 cm³/mol. The minimum atomic E-state index is -2.62. The normalized spacial score (nSPS) is 13.6. The lowest BCUT2D eigenvalue weighted by atomic mass is 10.2. The molecule has 5 heteroatoms. The molecule has 0 aromatic carbocycles. The number of halogens is 2. The van der Waals surface area contributed by atoms with E-state index in [1.165, 1.54) is 7.05 Å². The van der Waals surface area contributed by atoms with Crippen LogP contribution in [0.25, 0.3) is 0 Å². The molecule has 0 bridgehead atoms. The van der Waals surface area contributed by atoms with Crippen LogP contribution in [0, 0.1) is 0 Å². The predicted octanol–water partition coefficient (Wildman–Crippen LogP) is 0.314. The first-order valence-electron chi connectivity index (χ1n) is 2.75. The Labute approximate surface area is 57.0 Å². The van der Waals surface area contributed by atoms with Crippen molar-refractivity contribution in [2.24, 2.45) is 0 Å². The molecule has 0 spiro atoms. The number of rotatable bonds is 4. The lowest BCUT2D eigenvalue weighted by Crippen LogP contribution is -2.34. The molecule has 1 atom stereocenters. The highest BCUT2D eigenvalue weighted by atomic mass is 19.3. The number of carbonyl (C=O) groups is 1. The van der Waals surface area contributed by atoms with Gasteiger partial charge >= 0.3 is 5.97 Å². The first-order chi connectivity index (χ1) is 4.57. The van der Waals surface area contributed by atoms with Crippen LogP contribution in [0.1, 0.15) is 6.42 Å². The summed E-state index contributed by atoms with van der Waals surface area (Å²) in [5.41, 5.74) is 0. The highest BCUT2D eigenvalue weighted by Crippen LogP contribution is 2.03. The fourth-order valence-corrected chi connectivity index (χ4v) is 0.505. The molecule has 1 unspecified atom stereocenters. The molecule has 0 rings (SSSR count). The van der Waals surface area contributed by atoms with Gasteiger partial charge in [-0.25, -0.2) is 8.78 Å². The van der Waals surface area contributed by atoms with E-state index in [-0.39, 0.29) is 0 Å². The summed E-state index contributed by atoms with van der Waals surface area (Å²) >= 11 is 0. The van der Waals surface area contributed by atoms with Crippen LogP contribution in [-0.4, -0.2) is 30.6 Å². The van der Waals surface area contributed by atoms with E-state index >= 15 is 0 Å². The molecule has 0 heterocycles. The second kappa shape index (κ2) is 4.16. The van der Waals surface area contributed by atoms with Crippen molar-refractivity contribution in [3.63, 3.8) is 0 Å². The standard InChI is InChI=1S/C5H9F2NO2/c1-8-3(5(6)7)2-4(9)10/h3,5,8H,2H2,1H3,(H,9,10). The van der Waals surface area contributed by atoms with Crippen molar-refractivity contribution in [1.82, 2.24) is 5.32 Å². The summed E-state index contributed by atoms with van der Waals surface area (Å²) in [5.74, 6) is -1.22. The fourth-order valence-electron chi connectivity index (χ4n) is 0.505. The number of carboxylic acids is 1. The van der Waals surface area contributed by atoms with E-state index in [1.807, 2.05) is 0 Å². The summed E-state index contributed by atoms with van der Waals surface area (Å²) < 4.78 is 23.5. The molecular weight excluding hydrogens is 144 g/mol. The molecule has 10 heavy (non-hydrogen) atoms. The Morgan fingerprint density at radius 3 is 2.30 bits per heavy atom. The van der Waals surface area contributed by atoms with Gasteiger partial charge in [0, 0.05) is 0 Å². The van der Waals surface area contributed by atoms with E-state index in [9.17, 15) is 13.6 Å². The third-order valence-corrected chi connectivity index (χ3v) is 1.07. The van der Waals surface area contributed by atoms with Gasteiger partial charge in [0.25, 0.3) is 6.43 Å². The van der Waals surface area contributed by atoms with Crippen LogP contribution in [0.2, 0.25) is 0 Å². The Morgan fingerprint density at radius 2 is 2.20 bits per heavy atom.